The van der Waals surface area contributed by atoms with Crippen LogP contribution in [0.5, 0.6) is 0 Å². The Kier molecular flexibility index (Phi) is 5.91. The predicted molar refractivity (Wildman–Crippen MR) is 119 cm³/mol. The fraction of sp³-hybridized carbons (Fsp3) is 0.400. The first-order chi connectivity index (χ1) is 15.3. The summed E-state index contributed by atoms with van der Waals surface area (Å²) in [6.07, 6.45) is 1.12. The lowest BCUT2D eigenvalue weighted by Gasteiger charge is -2.45. The van der Waals surface area contributed by atoms with Crippen molar-refractivity contribution in [2.45, 2.75) is 50.1 Å². The summed E-state index contributed by atoms with van der Waals surface area (Å²) in [5.41, 5.74) is 3.46. The molecule has 1 saturated carbocycles. The molecule has 2 aliphatic rings. The van der Waals surface area contributed by atoms with Gasteiger partial charge in [-0.3, -0.25) is 4.79 Å². The van der Waals surface area contributed by atoms with Crippen LogP contribution < -0.4 is 5.32 Å². The number of fused-ring (bicyclic) bond motifs is 3. The number of hydrogen-bond acceptors (Lipinski definition) is 4. The van der Waals surface area contributed by atoms with E-state index < -0.39 is 23.6 Å². The van der Waals surface area contributed by atoms with E-state index in [1.165, 1.54) is 11.9 Å². The van der Waals surface area contributed by atoms with Crippen LogP contribution in [0.1, 0.15) is 49.7 Å². The van der Waals surface area contributed by atoms with Gasteiger partial charge in [0.2, 0.25) is 5.91 Å². The van der Waals surface area contributed by atoms with Crippen molar-refractivity contribution in [3.63, 3.8) is 0 Å². The number of rotatable bonds is 7. The zero-order valence-electron chi connectivity index (χ0n) is 18.3. The molecule has 0 bridgehead atoms. The van der Waals surface area contributed by atoms with Crippen molar-refractivity contribution in [2.75, 3.05) is 13.7 Å². The Hall–Kier alpha value is -3.35. The van der Waals surface area contributed by atoms with Crippen LogP contribution in [0.4, 0.5) is 4.79 Å². The fourth-order valence-electron chi connectivity index (χ4n) is 4.73. The van der Waals surface area contributed by atoms with Gasteiger partial charge in [0.15, 0.2) is 0 Å². The number of amides is 2. The number of alkyl carbamates (subject to hydrolysis) is 1. The quantitative estimate of drug-likeness (QED) is 0.689. The SMILES string of the molecule is C[C@H](CC(=O)N(C)C1(C(=O)O)CCC1)NC(=O)OCC1c2ccccc2-c2ccccc21. The largest absolute Gasteiger partial charge is 0.479 e. The van der Waals surface area contributed by atoms with Gasteiger partial charge in [0, 0.05) is 25.4 Å². The molecule has 0 aromatic heterocycles. The summed E-state index contributed by atoms with van der Waals surface area (Å²) in [7, 11) is 1.52. The highest BCUT2D eigenvalue weighted by atomic mass is 16.5. The zero-order valence-corrected chi connectivity index (χ0v) is 18.3. The second-order valence-corrected chi connectivity index (χ2v) is 8.72. The molecule has 2 aromatic carbocycles. The molecule has 0 spiro atoms. The Bertz CT molecular complexity index is 1000. The maximum Gasteiger partial charge on any atom is 0.407 e. The third kappa shape index (κ3) is 3.83. The summed E-state index contributed by atoms with van der Waals surface area (Å²) in [5.74, 6) is -1.32. The number of ether oxygens (including phenoxy) is 1. The second kappa shape index (κ2) is 8.65. The number of nitrogens with zero attached hydrogens (tertiary/aromatic N) is 1. The molecule has 1 fully saturated rings. The van der Waals surface area contributed by atoms with Gasteiger partial charge in [-0.15, -0.1) is 0 Å². The molecule has 0 heterocycles. The monoisotopic (exact) mass is 436 g/mol. The van der Waals surface area contributed by atoms with Crippen LogP contribution in [-0.4, -0.2) is 53.2 Å². The number of carboxylic acid groups (broad SMARTS) is 1. The van der Waals surface area contributed by atoms with E-state index >= 15 is 0 Å². The number of aliphatic carboxylic acids is 1. The van der Waals surface area contributed by atoms with Crippen LogP contribution in [0, 0.1) is 0 Å². The van der Waals surface area contributed by atoms with E-state index in [-0.39, 0.29) is 24.9 Å². The summed E-state index contributed by atoms with van der Waals surface area (Å²) in [5, 5.41) is 12.2. The Morgan fingerprint density at radius 3 is 2.16 bits per heavy atom. The molecular weight excluding hydrogens is 408 g/mol. The summed E-state index contributed by atoms with van der Waals surface area (Å²) in [4.78, 5) is 37.9. The number of carboxylic acids is 1. The van der Waals surface area contributed by atoms with E-state index in [0.717, 1.165) is 28.7 Å². The van der Waals surface area contributed by atoms with Gasteiger partial charge >= 0.3 is 12.1 Å². The first kappa shape index (κ1) is 21.9. The number of benzene rings is 2. The van der Waals surface area contributed by atoms with E-state index in [9.17, 15) is 19.5 Å². The van der Waals surface area contributed by atoms with E-state index in [2.05, 4.69) is 29.6 Å². The molecule has 2 amide bonds. The Morgan fingerprint density at radius 1 is 1.09 bits per heavy atom. The molecule has 168 valence electrons. The van der Waals surface area contributed by atoms with Crippen LogP contribution >= 0.6 is 0 Å². The van der Waals surface area contributed by atoms with Gasteiger partial charge in [-0.25, -0.2) is 9.59 Å². The molecule has 1 atom stereocenters. The van der Waals surface area contributed by atoms with E-state index in [0.29, 0.717) is 12.8 Å². The molecule has 0 aliphatic heterocycles. The molecule has 4 rings (SSSR count). The van der Waals surface area contributed by atoms with Gasteiger partial charge in [0.25, 0.3) is 0 Å². The van der Waals surface area contributed by atoms with Crippen molar-refractivity contribution in [2.24, 2.45) is 0 Å². The molecule has 0 radical (unpaired) electrons. The third-order valence-electron chi connectivity index (χ3n) is 6.78. The molecule has 7 heteroatoms. The lowest BCUT2D eigenvalue weighted by Crippen LogP contribution is -2.60. The molecule has 7 nitrogen and oxygen atoms in total. The highest BCUT2D eigenvalue weighted by molar-refractivity contribution is 5.88. The van der Waals surface area contributed by atoms with Crippen LogP contribution in [-0.2, 0) is 14.3 Å². The standard InChI is InChI=1S/C25H28N2O5/c1-16(14-22(28)27(2)25(23(29)30)12-7-13-25)26-24(31)32-15-21-19-10-5-3-8-17(19)18-9-4-6-11-20(18)21/h3-6,8-11,16,21H,7,12-15H2,1-2H3,(H,26,31)(H,29,30)/t16-/m1/s1. The lowest BCUT2D eigenvalue weighted by molar-refractivity contribution is -0.164. The molecule has 0 unspecified atom stereocenters. The van der Waals surface area contributed by atoms with Gasteiger partial charge in [-0.2, -0.15) is 0 Å². The van der Waals surface area contributed by atoms with Gasteiger partial charge < -0.3 is 20.1 Å². The average molecular weight is 437 g/mol. The number of nitrogens with one attached hydrogen (secondary N) is 1. The second-order valence-electron chi connectivity index (χ2n) is 8.72. The fourth-order valence-corrected chi connectivity index (χ4v) is 4.73. The Labute approximate surface area is 187 Å². The maximum atomic E-state index is 12.6. The van der Waals surface area contributed by atoms with Crippen molar-refractivity contribution in [1.82, 2.24) is 10.2 Å². The molecule has 32 heavy (non-hydrogen) atoms. The first-order valence-electron chi connectivity index (χ1n) is 10.9. The van der Waals surface area contributed by atoms with Crippen molar-refractivity contribution in [1.29, 1.82) is 0 Å². The van der Waals surface area contributed by atoms with Crippen LogP contribution in [0.25, 0.3) is 11.1 Å². The average Bonchev–Trinajstić information content (AvgIpc) is 3.04. The molecule has 2 N–H and O–H groups in total. The topological polar surface area (TPSA) is 95.9 Å². The van der Waals surface area contributed by atoms with Crippen LogP contribution in [0.3, 0.4) is 0 Å². The number of carbonyl (C=O) groups is 3. The molecule has 0 saturated heterocycles. The minimum atomic E-state index is -1.11. The smallest absolute Gasteiger partial charge is 0.407 e. The molecular formula is C25H28N2O5. The normalized spacial score (nSPS) is 16.8. The summed E-state index contributed by atoms with van der Waals surface area (Å²) in [6.45, 7) is 1.91. The lowest BCUT2D eigenvalue weighted by atomic mass is 9.75. The van der Waals surface area contributed by atoms with Crippen molar-refractivity contribution < 1.29 is 24.2 Å². The van der Waals surface area contributed by atoms with Gasteiger partial charge in [-0.1, -0.05) is 48.5 Å². The van der Waals surface area contributed by atoms with E-state index in [1.54, 1.807) is 6.92 Å². The summed E-state index contributed by atoms with van der Waals surface area (Å²) >= 11 is 0. The summed E-state index contributed by atoms with van der Waals surface area (Å²) < 4.78 is 5.52. The number of hydrogen-bond donors (Lipinski definition) is 2. The van der Waals surface area contributed by atoms with Gasteiger partial charge in [0.1, 0.15) is 12.1 Å². The maximum absolute atomic E-state index is 12.6. The Morgan fingerprint density at radius 2 is 1.66 bits per heavy atom. The minimum Gasteiger partial charge on any atom is -0.479 e. The van der Waals surface area contributed by atoms with E-state index in [1.807, 2.05) is 24.3 Å². The van der Waals surface area contributed by atoms with Crippen LogP contribution in [0.15, 0.2) is 48.5 Å². The third-order valence-corrected chi connectivity index (χ3v) is 6.78. The van der Waals surface area contributed by atoms with Crippen LogP contribution in [0.2, 0.25) is 0 Å². The molecule has 2 aliphatic carbocycles. The first-order valence-corrected chi connectivity index (χ1v) is 10.9. The predicted octanol–water partition coefficient (Wildman–Crippen LogP) is 3.77. The zero-order chi connectivity index (χ0) is 22.9. The highest BCUT2D eigenvalue weighted by Gasteiger charge is 2.49. The number of likely N-dealkylation sites (N-methyl/N-ethyl adjacent to an activating group) is 1. The number of carbonyl (C=O) groups excluding carboxylic acids is 2. The highest BCUT2D eigenvalue weighted by Crippen LogP contribution is 2.44. The van der Waals surface area contributed by atoms with Gasteiger partial charge in [0.05, 0.1) is 0 Å². The van der Waals surface area contributed by atoms with Crippen molar-refractivity contribution in [3.8, 4) is 11.1 Å². The minimum absolute atomic E-state index is 0.00965. The van der Waals surface area contributed by atoms with Crippen molar-refractivity contribution in [3.05, 3.63) is 59.7 Å². The Balaban J connectivity index is 1.33. The van der Waals surface area contributed by atoms with Crippen molar-refractivity contribution >= 4 is 18.0 Å². The summed E-state index contributed by atoms with van der Waals surface area (Å²) in [6, 6.07) is 15.7. The van der Waals surface area contributed by atoms with Gasteiger partial charge in [-0.05, 0) is 48.4 Å². The van der Waals surface area contributed by atoms with E-state index in [4.69, 9.17) is 4.74 Å². The molecule has 2 aromatic rings.